The molecule has 0 amide bonds. The summed E-state index contributed by atoms with van der Waals surface area (Å²) in [5, 5.41) is 3.65. The van der Waals surface area contributed by atoms with Gasteiger partial charge in [-0.05, 0) is 62.0 Å². The second-order valence-electron chi connectivity index (χ2n) is 8.62. The van der Waals surface area contributed by atoms with Crippen LogP contribution in [0, 0.1) is 18.8 Å². The van der Waals surface area contributed by atoms with Crippen LogP contribution in [0.2, 0.25) is 0 Å². The molecule has 5 nitrogen and oxygen atoms in total. The van der Waals surface area contributed by atoms with E-state index in [-0.39, 0.29) is 6.04 Å². The van der Waals surface area contributed by atoms with E-state index in [1.54, 1.807) is 0 Å². The van der Waals surface area contributed by atoms with Gasteiger partial charge in [-0.3, -0.25) is 10.3 Å². The van der Waals surface area contributed by atoms with Gasteiger partial charge in [-0.25, -0.2) is 5.43 Å². The molecule has 3 heterocycles. The Balaban J connectivity index is 1.27. The number of aryl methyl sites for hydroxylation is 1. The predicted molar refractivity (Wildman–Crippen MR) is 113 cm³/mol. The molecular formula is C23H34N4O. The van der Waals surface area contributed by atoms with Crippen LogP contribution in [0.4, 0.5) is 0 Å². The van der Waals surface area contributed by atoms with E-state index in [0.717, 1.165) is 43.6 Å². The fraction of sp³-hybridized carbons (Fsp3) is 0.565. The first-order chi connectivity index (χ1) is 13.7. The van der Waals surface area contributed by atoms with Crippen LogP contribution in [0.3, 0.4) is 0 Å². The quantitative estimate of drug-likeness (QED) is 0.685. The molecule has 5 heteroatoms. The second kappa shape index (κ2) is 9.23. The lowest BCUT2D eigenvalue weighted by molar-refractivity contribution is 0.185. The fourth-order valence-electron chi connectivity index (χ4n) is 4.37. The van der Waals surface area contributed by atoms with Gasteiger partial charge in [-0.15, -0.1) is 0 Å². The van der Waals surface area contributed by atoms with E-state index >= 15 is 0 Å². The van der Waals surface area contributed by atoms with Gasteiger partial charge in [0.15, 0.2) is 0 Å². The van der Waals surface area contributed by atoms with Crippen molar-refractivity contribution in [3.05, 3.63) is 59.0 Å². The topological polar surface area (TPSA) is 52.5 Å². The summed E-state index contributed by atoms with van der Waals surface area (Å²) in [7, 11) is 0. The van der Waals surface area contributed by atoms with Crippen molar-refractivity contribution in [3.63, 3.8) is 0 Å². The molecule has 0 bridgehead atoms. The molecule has 2 unspecified atom stereocenters. The van der Waals surface area contributed by atoms with Crippen molar-refractivity contribution in [1.29, 1.82) is 0 Å². The minimum Gasteiger partial charge on any atom is -0.465 e. The van der Waals surface area contributed by atoms with Crippen molar-refractivity contribution < 1.29 is 4.42 Å². The number of furan rings is 1. The zero-order valence-electron chi connectivity index (χ0n) is 17.2. The van der Waals surface area contributed by atoms with E-state index < -0.39 is 0 Å². The number of likely N-dealkylation sites (tertiary alicyclic amines) is 1. The van der Waals surface area contributed by atoms with Gasteiger partial charge >= 0.3 is 0 Å². The fourth-order valence-corrected chi connectivity index (χ4v) is 4.37. The minimum absolute atomic E-state index is 0.231. The molecule has 2 saturated heterocycles. The summed E-state index contributed by atoms with van der Waals surface area (Å²) in [4.78, 5) is 2.60. The van der Waals surface area contributed by atoms with Crippen molar-refractivity contribution in [3.8, 4) is 0 Å². The number of hydrazine groups is 1. The van der Waals surface area contributed by atoms with E-state index in [1.807, 2.05) is 13.0 Å². The number of benzene rings is 1. The molecule has 0 spiro atoms. The highest BCUT2D eigenvalue weighted by atomic mass is 16.3. The molecule has 0 saturated carbocycles. The molecule has 1 aromatic heterocycles. The van der Waals surface area contributed by atoms with Crippen LogP contribution >= 0.6 is 0 Å². The second-order valence-corrected chi connectivity index (χ2v) is 8.62. The van der Waals surface area contributed by atoms with Crippen LogP contribution in [0.1, 0.15) is 48.5 Å². The van der Waals surface area contributed by atoms with Gasteiger partial charge in [0.25, 0.3) is 0 Å². The highest BCUT2D eigenvalue weighted by Crippen LogP contribution is 2.26. The van der Waals surface area contributed by atoms with Gasteiger partial charge in [-0.2, -0.15) is 0 Å². The lowest BCUT2D eigenvalue weighted by Crippen LogP contribution is -2.32. The van der Waals surface area contributed by atoms with Gasteiger partial charge in [0, 0.05) is 32.1 Å². The first-order valence-electron chi connectivity index (χ1n) is 10.7. The Morgan fingerprint density at radius 2 is 1.96 bits per heavy atom. The number of rotatable bonds is 7. The number of piperidine rings is 1. The lowest BCUT2D eigenvalue weighted by Gasteiger charge is -2.30. The minimum atomic E-state index is 0.231. The largest absolute Gasteiger partial charge is 0.465 e. The van der Waals surface area contributed by atoms with E-state index in [4.69, 9.17) is 4.42 Å². The van der Waals surface area contributed by atoms with Crippen LogP contribution in [-0.4, -0.2) is 31.1 Å². The molecule has 2 aliphatic heterocycles. The lowest BCUT2D eigenvalue weighted by atomic mass is 9.98. The number of nitrogens with one attached hydrogen (secondary N) is 3. The first-order valence-corrected chi connectivity index (χ1v) is 10.7. The SMILES string of the molecule is Cc1ccc(C2NNCC2CNCc2cccc(CN3CCC(C)CC3)c2)o1. The molecule has 2 fully saturated rings. The molecule has 0 aliphatic carbocycles. The molecule has 0 radical (unpaired) electrons. The molecule has 4 rings (SSSR count). The van der Waals surface area contributed by atoms with Crippen LogP contribution in [0.15, 0.2) is 40.8 Å². The highest BCUT2D eigenvalue weighted by molar-refractivity contribution is 5.23. The summed E-state index contributed by atoms with van der Waals surface area (Å²) >= 11 is 0. The average molecular weight is 383 g/mol. The number of nitrogens with zero attached hydrogens (tertiary/aromatic N) is 1. The Bertz CT molecular complexity index is 751. The molecule has 2 atom stereocenters. The Morgan fingerprint density at radius 1 is 1.14 bits per heavy atom. The van der Waals surface area contributed by atoms with E-state index in [0.29, 0.717) is 5.92 Å². The van der Waals surface area contributed by atoms with Crippen molar-refractivity contribution >= 4 is 0 Å². The van der Waals surface area contributed by atoms with Crippen molar-refractivity contribution in [1.82, 2.24) is 21.1 Å². The third-order valence-electron chi connectivity index (χ3n) is 6.17. The highest BCUT2D eigenvalue weighted by Gasteiger charge is 2.30. The maximum Gasteiger partial charge on any atom is 0.122 e. The normalized spacial score (nSPS) is 24.1. The molecular weight excluding hydrogens is 348 g/mol. The van der Waals surface area contributed by atoms with Crippen molar-refractivity contribution in [2.24, 2.45) is 11.8 Å². The number of hydrogen-bond acceptors (Lipinski definition) is 5. The maximum atomic E-state index is 5.82. The van der Waals surface area contributed by atoms with Crippen LogP contribution < -0.4 is 16.2 Å². The van der Waals surface area contributed by atoms with E-state index in [2.05, 4.69) is 58.3 Å². The summed E-state index contributed by atoms with van der Waals surface area (Å²) in [6.45, 7) is 10.7. The molecule has 152 valence electrons. The summed E-state index contributed by atoms with van der Waals surface area (Å²) in [5.41, 5.74) is 9.43. The number of hydrogen-bond donors (Lipinski definition) is 3. The van der Waals surface area contributed by atoms with Gasteiger partial charge in [0.05, 0.1) is 6.04 Å². The average Bonchev–Trinajstić information content (AvgIpc) is 3.33. The molecule has 3 N–H and O–H groups in total. The standard InChI is InChI=1S/C23H34N4O/c1-17-8-10-27(11-9-17)16-20-5-3-4-19(12-20)13-24-14-21-15-25-26-23(21)22-7-6-18(2)28-22/h3-7,12,17,21,23-26H,8-11,13-16H2,1-2H3. The van der Waals surface area contributed by atoms with Gasteiger partial charge in [-0.1, -0.05) is 31.2 Å². The molecule has 28 heavy (non-hydrogen) atoms. The van der Waals surface area contributed by atoms with Crippen LogP contribution in [-0.2, 0) is 13.1 Å². The first kappa shape index (κ1) is 19.6. The van der Waals surface area contributed by atoms with E-state index in [9.17, 15) is 0 Å². The Morgan fingerprint density at radius 3 is 2.75 bits per heavy atom. The summed E-state index contributed by atoms with van der Waals surface area (Å²) in [6, 6.07) is 13.4. The zero-order chi connectivity index (χ0) is 19.3. The maximum absolute atomic E-state index is 5.82. The van der Waals surface area contributed by atoms with Gasteiger partial charge < -0.3 is 9.73 Å². The van der Waals surface area contributed by atoms with Crippen molar-refractivity contribution in [2.75, 3.05) is 26.2 Å². The summed E-state index contributed by atoms with van der Waals surface area (Å²) < 4.78 is 5.82. The molecule has 2 aliphatic rings. The predicted octanol–water partition coefficient (Wildman–Crippen LogP) is 3.37. The smallest absolute Gasteiger partial charge is 0.122 e. The Hall–Kier alpha value is -1.66. The molecule has 1 aromatic carbocycles. The Labute approximate surface area is 168 Å². The Kier molecular flexibility index (Phi) is 6.47. The zero-order valence-corrected chi connectivity index (χ0v) is 17.2. The van der Waals surface area contributed by atoms with Gasteiger partial charge in [0.1, 0.15) is 11.5 Å². The third kappa shape index (κ3) is 5.03. The van der Waals surface area contributed by atoms with Crippen LogP contribution in [0.25, 0.3) is 0 Å². The van der Waals surface area contributed by atoms with Gasteiger partial charge in [0.2, 0.25) is 0 Å². The van der Waals surface area contributed by atoms with E-state index in [1.165, 1.54) is 37.1 Å². The molecule has 2 aromatic rings. The monoisotopic (exact) mass is 382 g/mol. The third-order valence-corrected chi connectivity index (χ3v) is 6.17. The van der Waals surface area contributed by atoms with Crippen LogP contribution in [0.5, 0.6) is 0 Å². The van der Waals surface area contributed by atoms with Crippen molar-refractivity contribution in [2.45, 2.75) is 45.8 Å². The summed E-state index contributed by atoms with van der Waals surface area (Å²) in [5.74, 6) is 3.35. The summed E-state index contributed by atoms with van der Waals surface area (Å²) in [6.07, 6.45) is 2.67.